The molecule has 0 amide bonds. The lowest BCUT2D eigenvalue weighted by Gasteiger charge is -2.13. The summed E-state index contributed by atoms with van der Waals surface area (Å²) in [5.41, 5.74) is 1.64. The quantitative estimate of drug-likeness (QED) is 0.788. The Morgan fingerprint density at radius 1 is 1.53 bits per heavy atom. The summed E-state index contributed by atoms with van der Waals surface area (Å²) in [7, 11) is 1.99. The summed E-state index contributed by atoms with van der Waals surface area (Å²) in [6.07, 6.45) is 2.22. The molecule has 0 spiro atoms. The second-order valence-electron chi connectivity index (χ2n) is 3.95. The van der Waals surface area contributed by atoms with Crippen LogP contribution in [0.25, 0.3) is 0 Å². The van der Waals surface area contributed by atoms with Crippen LogP contribution in [0.1, 0.15) is 31.0 Å². The van der Waals surface area contributed by atoms with Gasteiger partial charge in [-0.15, -0.1) is 11.8 Å². The minimum atomic E-state index is 0.554. The van der Waals surface area contributed by atoms with Crippen LogP contribution in [0.15, 0.2) is 17.2 Å². The Morgan fingerprint density at radius 3 is 2.88 bits per heavy atom. The van der Waals surface area contributed by atoms with Gasteiger partial charge < -0.3 is 5.32 Å². The summed E-state index contributed by atoms with van der Waals surface area (Å²) in [6.45, 7) is 4.13. The number of nitrogens with zero attached hydrogens (tertiary/aromatic N) is 2. The Balaban J connectivity index is 2.57. The van der Waals surface area contributed by atoms with Gasteiger partial charge in [0.15, 0.2) is 0 Å². The largest absolute Gasteiger partial charge is 0.317 e. The molecule has 4 heteroatoms. The first kappa shape index (κ1) is 14.0. The summed E-state index contributed by atoms with van der Waals surface area (Å²) in [5.74, 6) is 0.991. The maximum Gasteiger partial charge on any atom is 0.114 e. The molecule has 1 N–H and O–H groups in total. The molecule has 0 radical (unpaired) electrons. The highest BCUT2D eigenvalue weighted by atomic mass is 32.2. The third-order valence-corrected chi connectivity index (χ3v) is 3.75. The lowest BCUT2D eigenvalue weighted by Crippen LogP contribution is -2.24. The molecule has 1 heterocycles. The lowest BCUT2D eigenvalue weighted by atomic mass is 10.2. The molecule has 0 fully saturated rings. The van der Waals surface area contributed by atoms with Crippen molar-refractivity contribution in [2.45, 2.75) is 37.8 Å². The van der Waals surface area contributed by atoms with Gasteiger partial charge in [0.2, 0.25) is 0 Å². The van der Waals surface area contributed by atoms with E-state index in [1.54, 1.807) is 11.8 Å². The predicted molar refractivity (Wildman–Crippen MR) is 72.2 cm³/mol. The van der Waals surface area contributed by atoms with Crippen molar-refractivity contribution in [3.05, 3.63) is 23.4 Å². The summed E-state index contributed by atoms with van der Waals surface area (Å²) in [5, 5.41) is 13.1. The summed E-state index contributed by atoms with van der Waals surface area (Å²) >= 11 is 1.67. The zero-order chi connectivity index (χ0) is 12.7. The van der Waals surface area contributed by atoms with E-state index < -0.39 is 0 Å². The Kier molecular flexibility index (Phi) is 6.03. The van der Waals surface area contributed by atoms with E-state index in [9.17, 15) is 0 Å². The van der Waals surface area contributed by atoms with Crippen LogP contribution in [0.2, 0.25) is 0 Å². The minimum absolute atomic E-state index is 0.554. The number of hydrogen-bond donors (Lipinski definition) is 1. The van der Waals surface area contributed by atoms with E-state index in [0.717, 1.165) is 29.3 Å². The van der Waals surface area contributed by atoms with E-state index in [1.165, 1.54) is 0 Å². The van der Waals surface area contributed by atoms with Gasteiger partial charge in [0.1, 0.15) is 11.1 Å². The molecule has 1 rings (SSSR count). The van der Waals surface area contributed by atoms with Gasteiger partial charge in [0.25, 0.3) is 0 Å². The molecule has 1 unspecified atom stereocenters. The first-order valence-electron chi connectivity index (χ1n) is 5.89. The van der Waals surface area contributed by atoms with Crippen LogP contribution in [0.3, 0.4) is 0 Å². The van der Waals surface area contributed by atoms with Crippen LogP contribution in [0.4, 0.5) is 0 Å². The zero-order valence-electron chi connectivity index (χ0n) is 10.7. The fraction of sp³-hybridized carbons (Fsp3) is 0.538. The van der Waals surface area contributed by atoms with E-state index in [4.69, 9.17) is 5.26 Å². The minimum Gasteiger partial charge on any atom is -0.317 e. The SMILES string of the molecule is CCC(CCSc1nc(C)ccc1C#N)NC. The van der Waals surface area contributed by atoms with Crippen LogP contribution in [-0.4, -0.2) is 23.8 Å². The highest BCUT2D eigenvalue weighted by Crippen LogP contribution is 2.21. The Labute approximate surface area is 108 Å². The van der Waals surface area contributed by atoms with Gasteiger partial charge in [-0.1, -0.05) is 6.92 Å². The van der Waals surface area contributed by atoms with Crippen LogP contribution in [-0.2, 0) is 0 Å². The summed E-state index contributed by atoms with van der Waals surface area (Å²) in [4.78, 5) is 4.41. The summed E-state index contributed by atoms with van der Waals surface area (Å²) < 4.78 is 0. The topological polar surface area (TPSA) is 48.7 Å². The van der Waals surface area contributed by atoms with E-state index in [2.05, 4.69) is 23.3 Å². The maximum atomic E-state index is 8.99. The molecule has 1 aromatic rings. The average Bonchev–Trinajstić information content (AvgIpc) is 2.35. The van der Waals surface area contributed by atoms with Crippen molar-refractivity contribution in [2.24, 2.45) is 0 Å². The molecule has 0 aliphatic carbocycles. The molecule has 0 saturated heterocycles. The number of hydrogen-bond acceptors (Lipinski definition) is 4. The van der Waals surface area contributed by atoms with Crippen molar-refractivity contribution in [2.75, 3.05) is 12.8 Å². The molecule has 0 aliphatic heterocycles. The Hall–Kier alpha value is -1.05. The predicted octanol–water partition coefficient (Wildman–Crippen LogP) is 2.74. The van der Waals surface area contributed by atoms with E-state index in [1.807, 2.05) is 26.1 Å². The molecule has 92 valence electrons. The van der Waals surface area contributed by atoms with Gasteiger partial charge in [0.05, 0.1) is 5.56 Å². The number of rotatable bonds is 6. The second kappa shape index (κ2) is 7.31. The molecule has 1 aromatic heterocycles. The van der Waals surface area contributed by atoms with Crippen LogP contribution >= 0.6 is 11.8 Å². The highest BCUT2D eigenvalue weighted by Gasteiger charge is 2.07. The standard InChI is InChI=1S/C13H19N3S/c1-4-12(15-3)7-8-17-13-11(9-14)6-5-10(2)16-13/h5-6,12,15H,4,7-8H2,1-3H3. The molecular formula is C13H19N3S. The molecular weight excluding hydrogens is 230 g/mol. The van der Waals surface area contributed by atoms with Gasteiger partial charge in [-0.3, -0.25) is 0 Å². The van der Waals surface area contributed by atoms with Gasteiger partial charge in [-0.2, -0.15) is 5.26 Å². The van der Waals surface area contributed by atoms with E-state index >= 15 is 0 Å². The number of aromatic nitrogens is 1. The molecule has 3 nitrogen and oxygen atoms in total. The Morgan fingerprint density at radius 2 is 2.29 bits per heavy atom. The van der Waals surface area contributed by atoms with Gasteiger partial charge in [-0.25, -0.2) is 4.98 Å². The molecule has 0 bridgehead atoms. The second-order valence-corrected chi connectivity index (χ2v) is 5.03. The summed E-state index contributed by atoms with van der Waals surface area (Å²) in [6, 6.07) is 6.47. The lowest BCUT2D eigenvalue weighted by molar-refractivity contribution is 0.534. The van der Waals surface area contributed by atoms with Crippen molar-refractivity contribution in [3.63, 3.8) is 0 Å². The first-order chi connectivity index (χ1) is 8.21. The van der Waals surface area contributed by atoms with Crippen LogP contribution in [0.5, 0.6) is 0 Å². The molecule has 17 heavy (non-hydrogen) atoms. The smallest absolute Gasteiger partial charge is 0.114 e. The Bertz CT molecular complexity index is 394. The van der Waals surface area contributed by atoms with Crippen LogP contribution < -0.4 is 5.32 Å². The fourth-order valence-electron chi connectivity index (χ4n) is 1.58. The van der Waals surface area contributed by atoms with Gasteiger partial charge in [-0.05, 0) is 38.9 Å². The fourth-order valence-corrected chi connectivity index (χ4v) is 2.65. The van der Waals surface area contributed by atoms with Crippen molar-refractivity contribution in [3.8, 4) is 6.07 Å². The van der Waals surface area contributed by atoms with Crippen molar-refractivity contribution in [1.29, 1.82) is 5.26 Å². The van der Waals surface area contributed by atoms with E-state index in [0.29, 0.717) is 11.6 Å². The van der Waals surface area contributed by atoms with Crippen molar-refractivity contribution < 1.29 is 0 Å². The number of aryl methyl sites for hydroxylation is 1. The number of pyridine rings is 1. The number of thioether (sulfide) groups is 1. The zero-order valence-corrected chi connectivity index (χ0v) is 11.5. The first-order valence-corrected chi connectivity index (χ1v) is 6.87. The van der Waals surface area contributed by atoms with Crippen molar-refractivity contribution >= 4 is 11.8 Å². The number of nitrogens with one attached hydrogen (secondary N) is 1. The third kappa shape index (κ3) is 4.37. The molecule has 1 atom stereocenters. The number of nitriles is 1. The van der Waals surface area contributed by atoms with Gasteiger partial charge >= 0.3 is 0 Å². The molecule has 0 saturated carbocycles. The molecule has 0 aromatic carbocycles. The average molecular weight is 249 g/mol. The van der Waals surface area contributed by atoms with Crippen LogP contribution in [0, 0.1) is 18.3 Å². The third-order valence-electron chi connectivity index (χ3n) is 2.73. The monoisotopic (exact) mass is 249 g/mol. The molecule has 0 aliphatic rings. The van der Waals surface area contributed by atoms with Gasteiger partial charge in [0, 0.05) is 17.5 Å². The highest BCUT2D eigenvalue weighted by molar-refractivity contribution is 7.99. The van der Waals surface area contributed by atoms with Crippen molar-refractivity contribution in [1.82, 2.24) is 10.3 Å². The maximum absolute atomic E-state index is 8.99. The normalized spacial score (nSPS) is 12.1. The van der Waals surface area contributed by atoms with E-state index in [-0.39, 0.29) is 0 Å².